The van der Waals surface area contributed by atoms with Crippen LogP contribution in [0.15, 0.2) is 11.1 Å². The quantitative estimate of drug-likeness (QED) is 0.433. The minimum atomic E-state index is -0.615. The van der Waals surface area contributed by atoms with E-state index in [-0.39, 0.29) is 17.0 Å². The summed E-state index contributed by atoms with van der Waals surface area (Å²) in [6, 6.07) is 0. The molecule has 0 fully saturated rings. The monoisotopic (exact) mass is 167 g/mol. The summed E-state index contributed by atoms with van der Waals surface area (Å²) in [5, 5.41) is 9.04. The number of nitrogen functional groups attached to an aromatic ring is 1. The summed E-state index contributed by atoms with van der Waals surface area (Å²) in [6.07, 6.45) is 1.11. The standard InChI is InChI=1S/C5H5N5O2/c6-3-2-4(9-5(11)8-3)10(12)1-7-2/h1,12H,(H3,6,8,9,11). The molecule has 0 atom stereocenters. The summed E-state index contributed by atoms with van der Waals surface area (Å²) in [5.74, 6) is 0.0952. The maximum absolute atomic E-state index is 10.8. The summed E-state index contributed by atoms with van der Waals surface area (Å²) in [5.41, 5.74) is 5.10. The Bertz CT molecular complexity index is 484. The highest BCUT2D eigenvalue weighted by atomic mass is 16.5. The lowest BCUT2D eigenvalue weighted by atomic mass is 10.5. The number of hydrogen-bond acceptors (Lipinski definition) is 5. The van der Waals surface area contributed by atoms with Crippen molar-refractivity contribution in [2.24, 2.45) is 0 Å². The molecule has 0 bridgehead atoms. The molecular weight excluding hydrogens is 162 g/mol. The molecule has 0 unspecified atom stereocenters. The van der Waals surface area contributed by atoms with Crippen LogP contribution in [0, 0.1) is 0 Å². The predicted octanol–water partition coefficient (Wildman–Crippen LogP) is -1.06. The summed E-state index contributed by atoms with van der Waals surface area (Å²) in [6.45, 7) is 0. The van der Waals surface area contributed by atoms with Crippen LogP contribution in [0.4, 0.5) is 5.82 Å². The maximum Gasteiger partial charge on any atom is 0.348 e. The van der Waals surface area contributed by atoms with Crippen molar-refractivity contribution in [2.45, 2.75) is 0 Å². The molecule has 12 heavy (non-hydrogen) atoms. The van der Waals surface area contributed by atoms with Crippen LogP contribution in [-0.4, -0.2) is 24.9 Å². The second-order valence-electron chi connectivity index (χ2n) is 2.22. The fourth-order valence-corrected chi connectivity index (χ4v) is 0.926. The van der Waals surface area contributed by atoms with E-state index in [4.69, 9.17) is 10.9 Å². The largest absolute Gasteiger partial charge is 0.425 e. The Morgan fingerprint density at radius 2 is 2.42 bits per heavy atom. The zero-order valence-corrected chi connectivity index (χ0v) is 5.85. The van der Waals surface area contributed by atoms with Gasteiger partial charge in [0.2, 0.25) is 5.65 Å². The first kappa shape index (κ1) is 6.65. The van der Waals surface area contributed by atoms with Crippen LogP contribution in [0.1, 0.15) is 0 Å². The molecular formula is C5H5N5O2. The SMILES string of the molecule is Nc1[nH]c(=O)nc2c1ncn2O. The number of rotatable bonds is 0. The number of anilines is 1. The summed E-state index contributed by atoms with van der Waals surface area (Å²) < 4.78 is 0.640. The number of nitrogens with zero attached hydrogens (tertiary/aromatic N) is 3. The number of imidazole rings is 1. The summed E-state index contributed by atoms with van der Waals surface area (Å²) in [4.78, 5) is 20.2. The number of nitrogens with one attached hydrogen (secondary N) is 1. The van der Waals surface area contributed by atoms with Crippen molar-refractivity contribution in [3.05, 3.63) is 16.8 Å². The van der Waals surface area contributed by atoms with Gasteiger partial charge in [-0.25, -0.2) is 9.78 Å². The van der Waals surface area contributed by atoms with Crippen molar-refractivity contribution < 1.29 is 5.21 Å². The van der Waals surface area contributed by atoms with Crippen LogP contribution in [0.5, 0.6) is 0 Å². The van der Waals surface area contributed by atoms with E-state index in [2.05, 4.69) is 15.0 Å². The van der Waals surface area contributed by atoms with E-state index in [1.807, 2.05) is 0 Å². The van der Waals surface area contributed by atoms with Gasteiger partial charge in [0.15, 0.2) is 5.52 Å². The Morgan fingerprint density at radius 1 is 1.67 bits per heavy atom. The Hall–Kier alpha value is -2.05. The molecule has 62 valence electrons. The van der Waals surface area contributed by atoms with Gasteiger partial charge in [-0.05, 0) is 0 Å². The smallest absolute Gasteiger partial charge is 0.348 e. The van der Waals surface area contributed by atoms with Gasteiger partial charge in [-0.2, -0.15) is 9.71 Å². The lowest BCUT2D eigenvalue weighted by Crippen LogP contribution is -2.13. The molecule has 0 saturated carbocycles. The second-order valence-corrected chi connectivity index (χ2v) is 2.22. The molecule has 2 aromatic rings. The number of H-pyrrole nitrogens is 1. The van der Waals surface area contributed by atoms with Crippen LogP contribution in [0.2, 0.25) is 0 Å². The Balaban J connectivity index is 3.02. The highest BCUT2D eigenvalue weighted by molar-refractivity contribution is 5.80. The number of fused-ring (bicyclic) bond motifs is 1. The van der Waals surface area contributed by atoms with E-state index >= 15 is 0 Å². The zero-order chi connectivity index (χ0) is 8.72. The van der Waals surface area contributed by atoms with Gasteiger partial charge in [-0.3, -0.25) is 4.98 Å². The molecule has 0 aliphatic heterocycles. The lowest BCUT2D eigenvalue weighted by molar-refractivity contribution is 0.196. The number of nitrogens with two attached hydrogens (primary N) is 1. The first-order valence-electron chi connectivity index (χ1n) is 3.10. The molecule has 2 heterocycles. The van der Waals surface area contributed by atoms with E-state index in [9.17, 15) is 4.79 Å². The van der Waals surface area contributed by atoms with Gasteiger partial charge in [-0.15, -0.1) is 0 Å². The third kappa shape index (κ3) is 0.729. The summed E-state index contributed by atoms with van der Waals surface area (Å²) in [7, 11) is 0. The molecule has 7 heteroatoms. The van der Waals surface area contributed by atoms with E-state index in [0.717, 1.165) is 6.33 Å². The Kier molecular flexibility index (Phi) is 1.09. The molecule has 0 aliphatic rings. The zero-order valence-electron chi connectivity index (χ0n) is 5.85. The van der Waals surface area contributed by atoms with E-state index in [1.54, 1.807) is 0 Å². The highest BCUT2D eigenvalue weighted by Crippen LogP contribution is 2.10. The molecule has 7 nitrogen and oxygen atoms in total. The number of aromatic amines is 1. The maximum atomic E-state index is 10.8. The molecule has 0 spiro atoms. The van der Waals surface area contributed by atoms with E-state index < -0.39 is 5.69 Å². The molecule has 0 amide bonds. The van der Waals surface area contributed by atoms with Crippen LogP contribution in [-0.2, 0) is 0 Å². The average molecular weight is 167 g/mol. The molecule has 0 aliphatic carbocycles. The third-order valence-corrected chi connectivity index (χ3v) is 1.43. The van der Waals surface area contributed by atoms with E-state index in [1.165, 1.54) is 0 Å². The lowest BCUT2D eigenvalue weighted by Gasteiger charge is -1.93. The van der Waals surface area contributed by atoms with E-state index in [0.29, 0.717) is 4.73 Å². The van der Waals surface area contributed by atoms with Crippen LogP contribution in [0.25, 0.3) is 11.2 Å². The summed E-state index contributed by atoms with van der Waals surface area (Å²) >= 11 is 0. The van der Waals surface area contributed by atoms with Crippen molar-refractivity contribution in [3.8, 4) is 0 Å². The van der Waals surface area contributed by atoms with Crippen LogP contribution < -0.4 is 11.4 Å². The van der Waals surface area contributed by atoms with Gasteiger partial charge in [0.1, 0.15) is 12.1 Å². The molecule has 0 saturated heterocycles. The normalized spacial score (nSPS) is 10.7. The second kappa shape index (κ2) is 1.97. The van der Waals surface area contributed by atoms with Crippen molar-refractivity contribution in [2.75, 3.05) is 5.73 Å². The van der Waals surface area contributed by atoms with Crippen molar-refractivity contribution >= 4 is 17.0 Å². The Labute approximate surface area is 65.4 Å². The molecule has 2 rings (SSSR count). The average Bonchev–Trinajstić information content (AvgIpc) is 2.33. The van der Waals surface area contributed by atoms with Gasteiger partial charge in [0.05, 0.1) is 0 Å². The minimum Gasteiger partial charge on any atom is -0.425 e. The first-order chi connectivity index (χ1) is 5.68. The van der Waals surface area contributed by atoms with Crippen molar-refractivity contribution in [1.82, 2.24) is 19.7 Å². The van der Waals surface area contributed by atoms with Gasteiger partial charge in [0, 0.05) is 0 Å². The third-order valence-electron chi connectivity index (χ3n) is 1.43. The van der Waals surface area contributed by atoms with Gasteiger partial charge in [0.25, 0.3) is 0 Å². The molecule has 4 N–H and O–H groups in total. The number of hydrogen-bond donors (Lipinski definition) is 3. The van der Waals surface area contributed by atoms with Crippen molar-refractivity contribution in [1.29, 1.82) is 0 Å². The predicted molar refractivity (Wildman–Crippen MR) is 39.7 cm³/mol. The van der Waals surface area contributed by atoms with Gasteiger partial charge < -0.3 is 10.9 Å². The van der Waals surface area contributed by atoms with Gasteiger partial charge in [-0.1, -0.05) is 0 Å². The molecule has 0 aromatic carbocycles. The Morgan fingerprint density at radius 3 is 3.17 bits per heavy atom. The minimum absolute atomic E-state index is 0.0521. The van der Waals surface area contributed by atoms with Crippen molar-refractivity contribution in [3.63, 3.8) is 0 Å². The van der Waals surface area contributed by atoms with Crippen LogP contribution >= 0.6 is 0 Å². The van der Waals surface area contributed by atoms with Crippen LogP contribution in [0.3, 0.4) is 0 Å². The fourth-order valence-electron chi connectivity index (χ4n) is 0.926. The highest BCUT2D eigenvalue weighted by Gasteiger charge is 2.06. The molecule has 0 radical (unpaired) electrons. The van der Waals surface area contributed by atoms with Gasteiger partial charge >= 0.3 is 5.69 Å². The fraction of sp³-hybridized carbons (Fsp3) is 0. The number of aromatic nitrogens is 4. The first-order valence-corrected chi connectivity index (χ1v) is 3.10. The topological polar surface area (TPSA) is 110 Å². The molecule has 2 aromatic heterocycles.